The summed E-state index contributed by atoms with van der Waals surface area (Å²) in [5.74, 6) is 1.88. The normalized spacial score (nSPS) is 19.4. The number of hydrogen-bond donors (Lipinski definition) is 1. The standard InChI is InChI=1S/C15H26N4/c1-4-5-13-6-7-19(11-13)15-10-16-8-14(18-15)9-17-12(2)3/h8,10,12-13,17H,4-7,9,11H2,1-3H3. The van der Waals surface area contributed by atoms with E-state index in [1.165, 1.54) is 19.3 Å². The van der Waals surface area contributed by atoms with E-state index in [2.05, 4.69) is 36.0 Å². The molecule has 4 heteroatoms. The van der Waals surface area contributed by atoms with Crippen LogP contribution in [0, 0.1) is 5.92 Å². The second-order valence-corrected chi connectivity index (χ2v) is 5.79. The molecular weight excluding hydrogens is 236 g/mol. The van der Waals surface area contributed by atoms with E-state index in [0.717, 1.165) is 37.1 Å². The van der Waals surface area contributed by atoms with E-state index in [4.69, 9.17) is 4.98 Å². The lowest BCUT2D eigenvalue weighted by Gasteiger charge is -2.18. The number of anilines is 1. The molecule has 1 fully saturated rings. The summed E-state index contributed by atoms with van der Waals surface area (Å²) < 4.78 is 0. The van der Waals surface area contributed by atoms with Crippen molar-refractivity contribution in [1.82, 2.24) is 15.3 Å². The average molecular weight is 262 g/mol. The van der Waals surface area contributed by atoms with Crippen LogP contribution in [0.4, 0.5) is 5.82 Å². The van der Waals surface area contributed by atoms with E-state index >= 15 is 0 Å². The first-order valence-corrected chi connectivity index (χ1v) is 7.48. The summed E-state index contributed by atoms with van der Waals surface area (Å²) in [6.07, 6.45) is 7.66. The van der Waals surface area contributed by atoms with Crippen molar-refractivity contribution in [3.05, 3.63) is 18.1 Å². The zero-order chi connectivity index (χ0) is 13.7. The number of nitrogens with zero attached hydrogens (tertiary/aromatic N) is 3. The van der Waals surface area contributed by atoms with Crippen LogP contribution in [0.25, 0.3) is 0 Å². The molecule has 1 atom stereocenters. The van der Waals surface area contributed by atoms with Crippen LogP contribution < -0.4 is 10.2 Å². The van der Waals surface area contributed by atoms with Crippen molar-refractivity contribution in [2.75, 3.05) is 18.0 Å². The largest absolute Gasteiger partial charge is 0.355 e. The number of aromatic nitrogens is 2. The van der Waals surface area contributed by atoms with Gasteiger partial charge in [0.25, 0.3) is 0 Å². The number of nitrogens with one attached hydrogen (secondary N) is 1. The first kappa shape index (κ1) is 14.3. The van der Waals surface area contributed by atoms with E-state index in [1.807, 2.05) is 12.4 Å². The fourth-order valence-electron chi connectivity index (χ4n) is 2.63. The van der Waals surface area contributed by atoms with Crippen LogP contribution in [-0.4, -0.2) is 29.1 Å². The van der Waals surface area contributed by atoms with Crippen LogP contribution in [0.2, 0.25) is 0 Å². The molecule has 0 radical (unpaired) electrons. The average Bonchev–Trinajstić information content (AvgIpc) is 2.86. The molecule has 1 aliphatic rings. The Morgan fingerprint density at radius 3 is 3.00 bits per heavy atom. The lowest BCUT2D eigenvalue weighted by molar-refractivity contribution is 0.529. The molecule has 1 aromatic heterocycles. The van der Waals surface area contributed by atoms with Gasteiger partial charge in [0.1, 0.15) is 5.82 Å². The molecule has 1 saturated heterocycles. The molecule has 1 unspecified atom stereocenters. The van der Waals surface area contributed by atoms with Crippen molar-refractivity contribution in [3.63, 3.8) is 0 Å². The molecular formula is C15H26N4. The van der Waals surface area contributed by atoms with Crippen LogP contribution in [0.3, 0.4) is 0 Å². The Bertz CT molecular complexity index is 391. The minimum absolute atomic E-state index is 0.478. The van der Waals surface area contributed by atoms with Crippen LogP contribution in [0.5, 0.6) is 0 Å². The molecule has 0 amide bonds. The Labute approximate surface area is 116 Å². The highest BCUT2D eigenvalue weighted by molar-refractivity contribution is 5.37. The summed E-state index contributed by atoms with van der Waals surface area (Å²) in [6.45, 7) is 9.62. The van der Waals surface area contributed by atoms with Gasteiger partial charge in [-0.1, -0.05) is 27.2 Å². The van der Waals surface area contributed by atoms with E-state index in [0.29, 0.717) is 6.04 Å². The fourth-order valence-corrected chi connectivity index (χ4v) is 2.63. The molecule has 2 rings (SSSR count). The minimum Gasteiger partial charge on any atom is -0.355 e. The molecule has 1 aromatic rings. The van der Waals surface area contributed by atoms with Gasteiger partial charge in [0, 0.05) is 31.9 Å². The Hall–Kier alpha value is -1.16. The van der Waals surface area contributed by atoms with Crippen molar-refractivity contribution in [3.8, 4) is 0 Å². The SMILES string of the molecule is CCCC1CCN(c2cncc(CNC(C)C)n2)C1. The van der Waals surface area contributed by atoms with Gasteiger partial charge in [-0.3, -0.25) is 4.98 Å². The molecule has 4 nitrogen and oxygen atoms in total. The zero-order valence-corrected chi connectivity index (χ0v) is 12.4. The zero-order valence-electron chi connectivity index (χ0n) is 12.4. The van der Waals surface area contributed by atoms with Crippen molar-refractivity contribution in [2.24, 2.45) is 5.92 Å². The van der Waals surface area contributed by atoms with Crippen molar-refractivity contribution < 1.29 is 0 Å². The van der Waals surface area contributed by atoms with Gasteiger partial charge in [0.2, 0.25) is 0 Å². The van der Waals surface area contributed by atoms with Crippen LogP contribution >= 0.6 is 0 Å². The van der Waals surface area contributed by atoms with Gasteiger partial charge in [-0.2, -0.15) is 0 Å². The maximum atomic E-state index is 4.72. The van der Waals surface area contributed by atoms with Gasteiger partial charge in [-0.25, -0.2) is 4.98 Å². The lowest BCUT2D eigenvalue weighted by Crippen LogP contribution is -2.24. The van der Waals surface area contributed by atoms with Gasteiger partial charge in [0.15, 0.2) is 0 Å². The molecule has 1 aliphatic heterocycles. The van der Waals surface area contributed by atoms with E-state index in [1.54, 1.807) is 0 Å². The number of hydrogen-bond acceptors (Lipinski definition) is 4. The number of rotatable bonds is 6. The van der Waals surface area contributed by atoms with E-state index in [-0.39, 0.29) is 0 Å². The topological polar surface area (TPSA) is 41.1 Å². The summed E-state index contributed by atoms with van der Waals surface area (Å²) in [4.78, 5) is 11.4. The van der Waals surface area contributed by atoms with Crippen molar-refractivity contribution in [2.45, 2.75) is 52.6 Å². The quantitative estimate of drug-likeness (QED) is 0.855. The smallest absolute Gasteiger partial charge is 0.147 e. The Balaban J connectivity index is 1.95. The molecule has 0 aromatic carbocycles. The summed E-state index contributed by atoms with van der Waals surface area (Å²) in [5.41, 5.74) is 1.03. The van der Waals surface area contributed by atoms with Crippen LogP contribution in [0.1, 0.15) is 45.7 Å². The minimum atomic E-state index is 0.478. The van der Waals surface area contributed by atoms with Gasteiger partial charge < -0.3 is 10.2 Å². The summed E-state index contributed by atoms with van der Waals surface area (Å²) in [5, 5.41) is 3.39. The van der Waals surface area contributed by atoms with Crippen molar-refractivity contribution in [1.29, 1.82) is 0 Å². The second-order valence-electron chi connectivity index (χ2n) is 5.79. The summed E-state index contributed by atoms with van der Waals surface area (Å²) in [6, 6.07) is 0.478. The highest BCUT2D eigenvalue weighted by Crippen LogP contribution is 2.24. The molecule has 19 heavy (non-hydrogen) atoms. The second kappa shape index (κ2) is 6.85. The summed E-state index contributed by atoms with van der Waals surface area (Å²) >= 11 is 0. The molecule has 106 valence electrons. The molecule has 2 heterocycles. The van der Waals surface area contributed by atoms with Gasteiger partial charge in [-0.15, -0.1) is 0 Å². The van der Waals surface area contributed by atoms with Gasteiger partial charge in [-0.05, 0) is 18.8 Å². The third-order valence-electron chi connectivity index (χ3n) is 3.67. The highest BCUT2D eigenvalue weighted by Gasteiger charge is 2.22. The predicted molar refractivity (Wildman–Crippen MR) is 79.2 cm³/mol. The van der Waals surface area contributed by atoms with Crippen LogP contribution in [-0.2, 0) is 6.54 Å². The molecule has 0 saturated carbocycles. The van der Waals surface area contributed by atoms with E-state index in [9.17, 15) is 0 Å². The molecule has 0 aliphatic carbocycles. The van der Waals surface area contributed by atoms with Gasteiger partial charge in [0.05, 0.1) is 11.9 Å². The Morgan fingerprint density at radius 2 is 2.26 bits per heavy atom. The fraction of sp³-hybridized carbons (Fsp3) is 0.733. The maximum absolute atomic E-state index is 4.72. The molecule has 0 bridgehead atoms. The first-order chi connectivity index (χ1) is 9.19. The maximum Gasteiger partial charge on any atom is 0.147 e. The molecule has 1 N–H and O–H groups in total. The van der Waals surface area contributed by atoms with Crippen molar-refractivity contribution >= 4 is 5.82 Å². The van der Waals surface area contributed by atoms with E-state index < -0.39 is 0 Å². The summed E-state index contributed by atoms with van der Waals surface area (Å²) in [7, 11) is 0. The highest BCUT2D eigenvalue weighted by atomic mass is 15.2. The third-order valence-corrected chi connectivity index (χ3v) is 3.67. The first-order valence-electron chi connectivity index (χ1n) is 7.48. The Kier molecular flexibility index (Phi) is 5.14. The predicted octanol–water partition coefficient (Wildman–Crippen LogP) is 2.60. The lowest BCUT2D eigenvalue weighted by atomic mass is 10.0. The van der Waals surface area contributed by atoms with Crippen LogP contribution in [0.15, 0.2) is 12.4 Å². The monoisotopic (exact) mass is 262 g/mol. The molecule has 0 spiro atoms. The Morgan fingerprint density at radius 1 is 1.42 bits per heavy atom. The third kappa shape index (κ3) is 4.16. The van der Waals surface area contributed by atoms with Gasteiger partial charge >= 0.3 is 0 Å².